The zero-order valence-corrected chi connectivity index (χ0v) is 30.9. The molecular formula is C40H64N4O. The van der Waals surface area contributed by atoms with Crippen molar-refractivity contribution < 1.29 is 4.79 Å². The van der Waals surface area contributed by atoms with Crippen LogP contribution in [0, 0.1) is 11.3 Å². The quantitative estimate of drug-likeness (QED) is 0.275. The van der Waals surface area contributed by atoms with Gasteiger partial charge in [-0.1, -0.05) is 111 Å². The molecule has 0 spiro atoms. The number of nitrogens with two attached hydrogens (primary N) is 1. The summed E-state index contributed by atoms with van der Waals surface area (Å²) in [6.07, 6.45) is 10.3. The lowest BCUT2D eigenvalue weighted by molar-refractivity contribution is 0.0827. The minimum atomic E-state index is 0.0732. The van der Waals surface area contributed by atoms with Crippen molar-refractivity contribution in [2.45, 2.75) is 114 Å². The van der Waals surface area contributed by atoms with Gasteiger partial charge in [0, 0.05) is 43.2 Å². The van der Waals surface area contributed by atoms with E-state index >= 15 is 0 Å². The van der Waals surface area contributed by atoms with Crippen LogP contribution in [0.25, 0.3) is 5.57 Å². The predicted octanol–water partition coefficient (Wildman–Crippen LogP) is 10.9. The highest BCUT2D eigenvalue weighted by Gasteiger charge is 2.15. The number of allylic oxidation sites excluding steroid dienone is 5. The monoisotopic (exact) mass is 617 g/mol. The van der Waals surface area contributed by atoms with Crippen LogP contribution in [0.2, 0.25) is 0 Å². The smallest absolute Gasteiger partial charge is 0.253 e. The summed E-state index contributed by atoms with van der Waals surface area (Å²) in [6.45, 7) is 23.6. The average Bonchev–Trinajstić information content (AvgIpc) is 3.08. The molecule has 0 saturated carbocycles. The lowest BCUT2D eigenvalue weighted by Gasteiger charge is -2.20. The molecule has 1 aliphatic rings. The van der Waals surface area contributed by atoms with Crippen molar-refractivity contribution in [3.05, 3.63) is 93.7 Å². The van der Waals surface area contributed by atoms with E-state index in [0.717, 1.165) is 35.4 Å². The fourth-order valence-electron chi connectivity index (χ4n) is 4.67. The summed E-state index contributed by atoms with van der Waals surface area (Å²) in [7, 11) is 3.57. The number of carbonyl (C=O) groups excluding carboxylic acids is 1. The van der Waals surface area contributed by atoms with Crippen molar-refractivity contribution in [3.63, 3.8) is 0 Å². The van der Waals surface area contributed by atoms with Gasteiger partial charge >= 0.3 is 0 Å². The first-order valence-electron chi connectivity index (χ1n) is 17.1. The molecule has 3 N–H and O–H groups in total. The van der Waals surface area contributed by atoms with Gasteiger partial charge in [0.2, 0.25) is 0 Å². The molecule has 0 fully saturated rings. The topological polar surface area (TPSA) is 82.1 Å². The summed E-state index contributed by atoms with van der Waals surface area (Å²) >= 11 is 0. The van der Waals surface area contributed by atoms with Gasteiger partial charge in [0.15, 0.2) is 0 Å². The van der Waals surface area contributed by atoms with Crippen molar-refractivity contribution in [3.8, 4) is 6.07 Å². The highest BCUT2D eigenvalue weighted by Crippen LogP contribution is 2.31. The van der Waals surface area contributed by atoms with Crippen LogP contribution in [0.4, 0.5) is 5.69 Å². The van der Waals surface area contributed by atoms with Gasteiger partial charge in [0.25, 0.3) is 5.91 Å². The molecule has 5 nitrogen and oxygen atoms in total. The summed E-state index contributed by atoms with van der Waals surface area (Å²) < 4.78 is 0. The first-order chi connectivity index (χ1) is 21.7. The van der Waals surface area contributed by atoms with Crippen molar-refractivity contribution in [1.29, 1.82) is 5.26 Å². The molecule has 0 saturated heterocycles. The Kier molecular flexibility index (Phi) is 24.6. The number of hydrogen-bond donors (Lipinski definition) is 2. The van der Waals surface area contributed by atoms with Crippen LogP contribution in [0.5, 0.6) is 0 Å². The van der Waals surface area contributed by atoms with E-state index in [0.29, 0.717) is 17.2 Å². The van der Waals surface area contributed by atoms with Crippen LogP contribution in [-0.4, -0.2) is 31.4 Å². The van der Waals surface area contributed by atoms with Gasteiger partial charge in [-0.15, -0.1) is 0 Å². The van der Waals surface area contributed by atoms with E-state index < -0.39 is 0 Å². The second-order valence-electron chi connectivity index (χ2n) is 10.4. The minimum absolute atomic E-state index is 0.0732. The van der Waals surface area contributed by atoms with Gasteiger partial charge < -0.3 is 16.0 Å². The van der Waals surface area contributed by atoms with Crippen molar-refractivity contribution >= 4 is 17.2 Å². The van der Waals surface area contributed by atoms with E-state index in [-0.39, 0.29) is 5.91 Å². The summed E-state index contributed by atoms with van der Waals surface area (Å²) in [4.78, 5) is 13.4. The van der Waals surface area contributed by atoms with Crippen LogP contribution >= 0.6 is 0 Å². The lowest BCUT2D eigenvalue weighted by Crippen LogP contribution is -2.21. The lowest BCUT2D eigenvalue weighted by atomic mass is 9.90. The van der Waals surface area contributed by atoms with Crippen molar-refractivity contribution in [2.75, 3.05) is 26.4 Å². The molecule has 0 radical (unpaired) electrons. The molecule has 250 valence electrons. The summed E-state index contributed by atoms with van der Waals surface area (Å²) in [5.74, 6) is 0.715. The van der Waals surface area contributed by atoms with Crippen LogP contribution in [-0.2, 0) is 0 Å². The number of nitrogens with zero attached hydrogens (tertiary/aromatic N) is 2. The Morgan fingerprint density at radius 1 is 0.978 bits per heavy atom. The Bertz CT molecular complexity index is 1240. The average molecular weight is 617 g/mol. The molecule has 1 amide bonds. The molecule has 45 heavy (non-hydrogen) atoms. The molecular weight excluding hydrogens is 552 g/mol. The summed E-state index contributed by atoms with van der Waals surface area (Å²) in [6, 6.07) is 16.0. The second-order valence-corrected chi connectivity index (χ2v) is 10.4. The molecule has 5 heteroatoms. The number of rotatable bonds is 9. The van der Waals surface area contributed by atoms with Crippen LogP contribution in [0.15, 0.2) is 71.5 Å². The van der Waals surface area contributed by atoms with E-state index in [1.165, 1.54) is 42.4 Å². The number of anilines is 1. The Morgan fingerprint density at radius 3 is 2.00 bits per heavy atom. The third-order valence-electron chi connectivity index (χ3n) is 7.11. The number of amides is 1. The maximum Gasteiger partial charge on any atom is 0.253 e. The highest BCUT2D eigenvalue weighted by atomic mass is 16.2. The van der Waals surface area contributed by atoms with Crippen LogP contribution in [0.1, 0.15) is 141 Å². The number of carbonyl (C=O) groups is 1. The Hall–Kier alpha value is -3.78. The molecule has 0 aliphatic carbocycles. The van der Waals surface area contributed by atoms with Gasteiger partial charge in [-0.25, -0.2) is 0 Å². The largest absolute Gasteiger partial charge is 0.398 e. The standard InChI is InChI=1S/C18H21N3.C16H25NO.3C2H6/c1-4-12(2)9-17-13(3)21-8-7-16(17)14-5-6-18(20)15(10-14)11-19;1-5-7-13(8-6-2)14-9-11-15(12-10-14)16(18)17(3)4;3*1-2/h5-7,9-10,21H,4,8,20H2,1-3H3;9-13H,5-8H2,1-4H3;3*1-2H3/b12-9+;;;;. The molecule has 1 aliphatic heterocycles. The van der Waals surface area contributed by atoms with Crippen molar-refractivity contribution in [2.24, 2.45) is 0 Å². The van der Waals surface area contributed by atoms with E-state index in [1.54, 1.807) is 25.1 Å². The zero-order valence-electron chi connectivity index (χ0n) is 30.9. The van der Waals surface area contributed by atoms with Crippen LogP contribution in [0.3, 0.4) is 0 Å². The number of nitriles is 1. The minimum Gasteiger partial charge on any atom is -0.398 e. The van der Waals surface area contributed by atoms with E-state index in [4.69, 9.17) is 11.0 Å². The van der Waals surface area contributed by atoms with Gasteiger partial charge in [0.1, 0.15) is 6.07 Å². The van der Waals surface area contributed by atoms with Crippen molar-refractivity contribution in [1.82, 2.24) is 10.2 Å². The predicted molar refractivity (Wildman–Crippen MR) is 199 cm³/mol. The van der Waals surface area contributed by atoms with Gasteiger partial charge in [-0.2, -0.15) is 5.26 Å². The molecule has 1 heterocycles. The summed E-state index contributed by atoms with van der Waals surface area (Å²) in [5, 5.41) is 12.5. The van der Waals surface area contributed by atoms with E-state index in [2.05, 4.69) is 70.3 Å². The number of hydrogen-bond acceptors (Lipinski definition) is 4. The third-order valence-corrected chi connectivity index (χ3v) is 7.11. The first-order valence-corrected chi connectivity index (χ1v) is 17.1. The molecule has 0 atom stereocenters. The summed E-state index contributed by atoms with van der Waals surface area (Å²) in [5.41, 5.74) is 14.9. The highest BCUT2D eigenvalue weighted by molar-refractivity contribution is 5.93. The number of nitrogens with one attached hydrogen (secondary N) is 1. The van der Waals surface area contributed by atoms with Crippen LogP contribution < -0.4 is 11.1 Å². The fourth-order valence-corrected chi connectivity index (χ4v) is 4.67. The molecule has 0 bridgehead atoms. The molecule has 0 unspecified atom stereocenters. The van der Waals surface area contributed by atoms with Gasteiger partial charge in [0.05, 0.1) is 5.56 Å². The Morgan fingerprint density at radius 2 is 1.53 bits per heavy atom. The fraction of sp³-hybridized carbons (Fsp3) is 0.500. The van der Waals surface area contributed by atoms with Gasteiger partial charge in [-0.3, -0.25) is 4.79 Å². The zero-order chi connectivity index (χ0) is 34.9. The molecule has 3 rings (SSSR count). The molecule has 2 aromatic rings. The normalized spacial score (nSPS) is 11.8. The third kappa shape index (κ3) is 14.7. The number of dihydropyridines is 1. The molecule has 0 aromatic heterocycles. The van der Waals surface area contributed by atoms with Gasteiger partial charge in [-0.05, 0) is 80.0 Å². The van der Waals surface area contributed by atoms with E-state index in [9.17, 15) is 4.79 Å². The number of nitrogen functional groups attached to an aromatic ring is 1. The maximum absolute atomic E-state index is 11.8. The Labute approximate surface area is 277 Å². The first kappa shape index (κ1) is 43.3. The van der Waals surface area contributed by atoms with E-state index in [1.807, 2.05) is 65.8 Å². The molecule has 2 aromatic carbocycles. The maximum atomic E-state index is 11.8. The second kappa shape index (κ2) is 25.5. The number of benzene rings is 2. The SMILES string of the molecule is CC.CC.CC.CC/C(C)=C/C1=C(C)NCC=C1c1ccc(N)c(C#N)c1.CCCC(CCC)c1ccc(C(=O)N(C)C)cc1. The Balaban J connectivity index is 0.